The van der Waals surface area contributed by atoms with Crippen molar-refractivity contribution >= 4 is 39.6 Å². The van der Waals surface area contributed by atoms with Crippen LogP contribution in [0, 0.1) is 17.0 Å². The molecule has 0 atom stereocenters. The SMILES string of the molecule is Cc1ccc(S(=O)(=O)ON=C(N)NN=Cc2cc(Cl)ccc2[N+](=O)[O-])cc1. The number of halogens is 1. The number of benzene rings is 2. The molecule has 0 heterocycles. The van der Waals surface area contributed by atoms with Crippen LogP contribution >= 0.6 is 11.6 Å². The van der Waals surface area contributed by atoms with Crippen molar-refractivity contribution in [1.82, 2.24) is 5.43 Å². The Kier molecular flexibility index (Phi) is 6.32. The summed E-state index contributed by atoms with van der Waals surface area (Å²) in [7, 11) is -4.14. The number of hydrogen-bond acceptors (Lipinski definition) is 7. The number of nitro groups is 1. The highest BCUT2D eigenvalue weighted by atomic mass is 35.5. The molecular weight excluding hydrogens is 398 g/mol. The fraction of sp³-hybridized carbons (Fsp3) is 0.0667. The summed E-state index contributed by atoms with van der Waals surface area (Å²) < 4.78 is 28.4. The van der Waals surface area contributed by atoms with Gasteiger partial charge in [-0.3, -0.25) is 14.4 Å². The van der Waals surface area contributed by atoms with Gasteiger partial charge >= 0.3 is 10.1 Å². The summed E-state index contributed by atoms with van der Waals surface area (Å²) in [5, 5.41) is 18.1. The lowest BCUT2D eigenvalue weighted by Crippen LogP contribution is -2.28. The summed E-state index contributed by atoms with van der Waals surface area (Å²) in [6.07, 6.45) is 1.08. The summed E-state index contributed by atoms with van der Waals surface area (Å²) in [4.78, 5) is 10.2. The minimum absolute atomic E-state index is 0.0947. The Morgan fingerprint density at radius 3 is 2.59 bits per heavy atom. The standard InChI is InChI=1S/C15H14ClN5O5S/c1-10-2-5-13(6-3-10)27(24,25)26-20-15(17)19-18-9-11-8-12(16)4-7-14(11)21(22)23/h2-9H,1H3,(H3,17,19,20). The number of aryl methyl sites for hydroxylation is 1. The van der Waals surface area contributed by atoms with E-state index in [1.54, 1.807) is 19.1 Å². The molecule has 12 heteroatoms. The summed E-state index contributed by atoms with van der Waals surface area (Å²) in [5.74, 6) is -0.480. The molecule has 0 bridgehead atoms. The zero-order valence-electron chi connectivity index (χ0n) is 13.9. The molecule has 0 fully saturated rings. The van der Waals surface area contributed by atoms with Crippen LogP contribution in [0.4, 0.5) is 5.69 Å². The first-order valence-electron chi connectivity index (χ1n) is 7.26. The van der Waals surface area contributed by atoms with Crippen LogP contribution in [0.15, 0.2) is 57.6 Å². The number of oxime groups is 1. The first kappa shape index (κ1) is 20.1. The first-order chi connectivity index (χ1) is 12.7. The molecule has 3 N–H and O–H groups in total. The molecule has 0 saturated heterocycles. The van der Waals surface area contributed by atoms with Gasteiger partial charge in [-0.25, -0.2) is 5.43 Å². The lowest BCUT2D eigenvalue weighted by Gasteiger charge is -2.03. The van der Waals surface area contributed by atoms with E-state index in [1.165, 1.54) is 30.3 Å². The molecule has 0 amide bonds. The Bertz CT molecular complexity index is 1010. The highest BCUT2D eigenvalue weighted by Gasteiger charge is 2.15. The molecule has 0 saturated carbocycles. The molecule has 27 heavy (non-hydrogen) atoms. The van der Waals surface area contributed by atoms with Gasteiger partial charge in [0.25, 0.3) is 11.6 Å². The van der Waals surface area contributed by atoms with Gasteiger partial charge in [-0.15, -0.1) is 0 Å². The fourth-order valence-corrected chi connectivity index (χ4v) is 2.74. The molecule has 10 nitrogen and oxygen atoms in total. The molecular formula is C15H14ClN5O5S. The summed E-state index contributed by atoms with van der Waals surface area (Å²) in [6.45, 7) is 1.81. The van der Waals surface area contributed by atoms with Crippen molar-refractivity contribution in [1.29, 1.82) is 0 Å². The predicted molar refractivity (Wildman–Crippen MR) is 99.9 cm³/mol. The van der Waals surface area contributed by atoms with Crippen LogP contribution in [0.25, 0.3) is 0 Å². The van der Waals surface area contributed by atoms with Crippen LogP contribution < -0.4 is 11.2 Å². The van der Waals surface area contributed by atoms with E-state index in [0.29, 0.717) is 0 Å². The zero-order chi connectivity index (χ0) is 20.0. The second kappa shape index (κ2) is 8.47. The Hall–Kier alpha value is -3.18. The smallest absolute Gasteiger partial charge is 0.358 e. The van der Waals surface area contributed by atoms with Crippen LogP contribution in [-0.2, 0) is 14.4 Å². The topological polar surface area (TPSA) is 149 Å². The lowest BCUT2D eigenvalue weighted by atomic mass is 10.2. The van der Waals surface area contributed by atoms with Crippen LogP contribution in [0.2, 0.25) is 5.02 Å². The minimum atomic E-state index is -4.14. The van der Waals surface area contributed by atoms with E-state index in [1.807, 2.05) is 0 Å². The highest BCUT2D eigenvalue weighted by molar-refractivity contribution is 7.86. The van der Waals surface area contributed by atoms with Crippen molar-refractivity contribution in [2.24, 2.45) is 16.0 Å². The van der Waals surface area contributed by atoms with Crippen molar-refractivity contribution in [3.63, 3.8) is 0 Å². The second-order valence-corrected chi connectivity index (χ2v) is 7.11. The maximum absolute atomic E-state index is 12.0. The highest BCUT2D eigenvalue weighted by Crippen LogP contribution is 2.20. The minimum Gasteiger partial charge on any atom is -0.366 e. The van der Waals surface area contributed by atoms with Crippen LogP contribution in [0.3, 0.4) is 0 Å². The van der Waals surface area contributed by atoms with Gasteiger partial charge in [0.05, 0.1) is 16.7 Å². The normalized spacial score (nSPS) is 12.1. The molecule has 0 aliphatic rings. The summed E-state index contributed by atoms with van der Waals surface area (Å²) in [6, 6.07) is 9.84. The van der Waals surface area contributed by atoms with Crippen molar-refractivity contribution in [2.45, 2.75) is 11.8 Å². The van der Waals surface area contributed by atoms with Crippen molar-refractivity contribution < 1.29 is 17.6 Å². The first-order valence-corrected chi connectivity index (χ1v) is 9.04. The number of nitro benzene ring substituents is 1. The van der Waals surface area contributed by atoms with Gasteiger partial charge in [-0.1, -0.05) is 29.3 Å². The van der Waals surface area contributed by atoms with E-state index in [-0.39, 0.29) is 21.2 Å². The fourth-order valence-electron chi connectivity index (χ4n) is 1.82. The maximum Gasteiger partial charge on any atom is 0.358 e. The van der Waals surface area contributed by atoms with E-state index >= 15 is 0 Å². The number of nitrogens with one attached hydrogen (secondary N) is 1. The molecule has 0 aliphatic heterocycles. The monoisotopic (exact) mass is 411 g/mol. The quantitative estimate of drug-likeness (QED) is 0.320. The Morgan fingerprint density at radius 1 is 1.30 bits per heavy atom. The predicted octanol–water partition coefficient (Wildman–Crippen LogP) is 2.12. The number of guanidine groups is 1. The van der Waals surface area contributed by atoms with Crippen molar-refractivity contribution in [2.75, 3.05) is 0 Å². The number of rotatable bonds is 6. The number of nitrogens with two attached hydrogens (primary N) is 1. The van der Waals surface area contributed by atoms with Gasteiger partial charge in [0.1, 0.15) is 4.90 Å². The van der Waals surface area contributed by atoms with Crippen LogP contribution in [0.5, 0.6) is 0 Å². The Morgan fingerprint density at radius 2 is 1.96 bits per heavy atom. The van der Waals surface area contributed by atoms with Gasteiger partial charge in [0.2, 0.25) is 0 Å². The zero-order valence-corrected chi connectivity index (χ0v) is 15.4. The maximum atomic E-state index is 12.0. The van der Waals surface area contributed by atoms with Crippen LogP contribution in [0.1, 0.15) is 11.1 Å². The van der Waals surface area contributed by atoms with Gasteiger partial charge in [-0.05, 0) is 36.3 Å². The van der Waals surface area contributed by atoms with Gasteiger partial charge in [0.15, 0.2) is 0 Å². The number of hydrogen-bond donors (Lipinski definition) is 2. The van der Waals surface area contributed by atoms with Crippen molar-refractivity contribution in [3.05, 3.63) is 68.7 Å². The Labute approximate surface area is 159 Å². The van der Waals surface area contributed by atoms with Crippen molar-refractivity contribution in [3.8, 4) is 0 Å². The largest absolute Gasteiger partial charge is 0.366 e. The third kappa shape index (κ3) is 5.66. The molecule has 0 spiro atoms. The lowest BCUT2D eigenvalue weighted by molar-refractivity contribution is -0.385. The summed E-state index contributed by atoms with van der Waals surface area (Å²) in [5.41, 5.74) is 8.41. The van der Waals surface area contributed by atoms with E-state index in [9.17, 15) is 18.5 Å². The average Bonchev–Trinajstić information content (AvgIpc) is 2.60. The van der Waals surface area contributed by atoms with E-state index in [2.05, 4.69) is 20.0 Å². The van der Waals surface area contributed by atoms with Gasteiger partial charge in [0, 0.05) is 11.1 Å². The molecule has 0 unspecified atom stereocenters. The third-order valence-corrected chi connectivity index (χ3v) is 4.47. The molecule has 0 aliphatic carbocycles. The molecule has 2 aromatic carbocycles. The van der Waals surface area contributed by atoms with Crippen LogP contribution in [-0.4, -0.2) is 25.5 Å². The van der Waals surface area contributed by atoms with Gasteiger partial charge < -0.3 is 5.73 Å². The summed E-state index contributed by atoms with van der Waals surface area (Å²) >= 11 is 5.79. The third-order valence-electron chi connectivity index (χ3n) is 3.11. The molecule has 142 valence electrons. The van der Waals surface area contributed by atoms with E-state index < -0.39 is 21.0 Å². The molecule has 2 rings (SSSR count). The van der Waals surface area contributed by atoms with E-state index in [4.69, 9.17) is 17.3 Å². The second-order valence-electron chi connectivity index (χ2n) is 5.15. The number of nitrogens with zero attached hydrogens (tertiary/aromatic N) is 3. The van der Waals surface area contributed by atoms with E-state index in [0.717, 1.165) is 11.8 Å². The molecule has 0 aromatic heterocycles. The number of hydrazone groups is 1. The molecule has 2 aromatic rings. The Balaban J connectivity index is 2.06. The average molecular weight is 412 g/mol. The van der Waals surface area contributed by atoms with Gasteiger partial charge in [-0.2, -0.15) is 13.5 Å². The molecule has 0 radical (unpaired) electrons.